The van der Waals surface area contributed by atoms with Crippen molar-refractivity contribution in [3.63, 3.8) is 0 Å². The van der Waals surface area contributed by atoms with Crippen molar-refractivity contribution in [1.29, 1.82) is 0 Å². The van der Waals surface area contributed by atoms with Crippen molar-refractivity contribution in [3.05, 3.63) is 95.2 Å². The maximum absolute atomic E-state index is 14.6. The van der Waals surface area contributed by atoms with Gasteiger partial charge in [-0.1, -0.05) is 51.1 Å². The Morgan fingerprint density at radius 1 is 0.882 bits per heavy atom. The highest BCUT2D eigenvalue weighted by atomic mass is 19.1. The lowest BCUT2D eigenvalue weighted by atomic mass is 9.87. The number of ether oxygens (including phenoxy) is 1. The number of nitrogens with zero attached hydrogens (tertiary/aromatic N) is 1. The Morgan fingerprint density at radius 3 is 2.21 bits per heavy atom. The number of amides is 2. The van der Waals surface area contributed by atoms with Crippen molar-refractivity contribution in [2.75, 3.05) is 17.3 Å². The lowest BCUT2D eigenvalue weighted by Gasteiger charge is -2.19. The van der Waals surface area contributed by atoms with Gasteiger partial charge in [-0.25, -0.2) is 13.7 Å². The van der Waals surface area contributed by atoms with Gasteiger partial charge in [0.1, 0.15) is 23.1 Å². The Balaban J connectivity index is 1.84. The third kappa shape index (κ3) is 4.17. The average Bonchev–Trinajstić information content (AvgIpc) is 3.04. The number of hydrogen-bond acceptors (Lipinski definition) is 4. The second-order valence-electron chi connectivity index (χ2n) is 8.94. The molecule has 1 heterocycles. The molecule has 4 rings (SSSR count). The van der Waals surface area contributed by atoms with Gasteiger partial charge in [-0.15, -0.1) is 0 Å². The van der Waals surface area contributed by atoms with Crippen molar-refractivity contribution in [1.82, 2.24) is 0 Å². The number of carbonyl (C=O) groups excluding carboxylic acids is 2. The summed E-state index contributed by atoms with van der Waals surface area (Å²) in [5.74, 6) is -2.88. The summed E-state index contributed by atoms with van der Waals surface area (Å²) >= 11 is 0. The van der Waals surface area contributed by atoms with E-state index < -0.39 is 29.1 Å². The Hall–Kier alpha value is -4.00. The molecule has 0 unspecified atom stereocenters. The van der Waals surface area contributed by atoms with Crippen LogP contribution in [0.2, 0.25) is 0 Å². The predicted molar refractivity (Wildman–Crippen MR) is 128 cm³/mol. The normalized spacial score (nSPS) is 14.1. The summed E-state index contributed by atoms with van der Waals surface area (Å²) in [5.41, 5.74) is 1.45. The van der Waals surface area contributed by atoms with Gasteiger partial charge in [-0.2, -0.15) is 0 Å². The molecule has 174 valence electrons. The largest absolute Gasteiger partial charge is 0.496 e. The number of anilines is 2. The average molecular weight is 462 g/mol. The fraction of sp³-hybridized carbons (Fsp3) is 0.185. The maximum atomic E-state index is 14.6. The van der Waals surface area contributed by atoms with Gasteiger partial charge in [0.15, 0.2) is 0 Å². The summed E-state index contributed by atoms with van der Waals surface area (Å²) in [5, 5.41) is 3.03. The zero-order valence-corrected chi connectivity index (χ0v) is 19.3. The minimum absolute atomic E-state index is 0.00556. The first-order chi connectivity index (χ1) is 16.1. The Bertz CT molecular complexity index is 1310. The molecular weight excluding hydrogens is 438 g/mol. The zero-order chi connectivity index (χ0) is 24.6. The van der Waals surface area contributed by atoms with E-state index in [1.54, 1.807) is 36.4 Å². The number of para-hydroxylation sites is 1. The SMILES string of the molecule is COc1ccccc1C1=C(Nc2ccc(C(C)(C)C)cc2)C(=O)N(c2cc(F)ccc2F)C1=O. The van der Waals surface area contributed by atoms with Crippen LogP contribution in [0.15, 0.2) is 72.4 Å². The minimum Gasteiger partial charge on any atom is -0.496 e. The summed E-state index contributed by atoms with van der Waals surface area (Å²) in [4.78, 5) is 27.6. The Labute approximate surface area is 196 Å². The number of methoxy groups -OCH3 is 1. The molecule has 1 aliphatic heterocycles. The molecule has 0 spiro atoms. The Morgan fingerprint density at radius 2 is 1.56 bits per heavy atom. The summed E-state index contributed by atoms with van der Waals surface area (Å²) in [6.45, 7) is 6.26. The molecule has 0 aromatic heterocycles. The van der Waals surface area contributed by atoms with Crippen LogP contribution in [0.3, 0.4) is 0 Å². The number of halogens is 2. The fourth-order valence-corrected chi connectivity index (χ4v) is 3.82. The quantitative estimate of drug-likeness (QED) is 0.497. The van der Waals surface area contributed by atoms with E-state index in [1.807, 2.05) is 12.1 Å². The lowest BCUT2D eigenvalue weighted by molar-refractivity contribution is -0.120. The van der Waals surface area contributed by atoms with Crippen LogP contribution in [-0.2, 0) is 15.0 Å². The monoisotopic (exact) mass is 462 g/mol. The lowest BCUT2D eigenvalue weighted by Crippen LogP contribution is -2.33. The highest BCUT2D eigenvalue weighted by molar-refractivity contribution is 6.46. The van der Waals surface area contributed by atoms with E-state index in [0.717, 1.165) is 23.8 Å². The van der Waals surface area contributed by atoms with E-state index in [2.05, 4.69) is 26.1 Å². The van der Waals surface area contributed by atoms with Gasteiger partial charge in [0.2, 0.25) is 0 Å². The molecule has 0 fully saturated rings. The van der Waals surface area contributed by atoms with Gasteiger partial charge >= 0.3 is 0 Å². The van der Waals surface area contributed by atoms with Crippen LogP contribution < -0.4 is 15.0 Å². The molecule has 0 aliphatic carbocycles. The van der Waals surface area contributed by atoms with Crippen LogP contribution in [0.5, 0.6) is 5.75 Å². The topological polar surface area (TPSA) is 58.6 Å². The molecule has 34 heavy (non-hydrogen) atoms. The number of carbonyl (C=O) groups is 2. The van der Waals surface area contributed by atoms with Crippen LogP contribution >= 0.6 is 0 Å². The number of benzene rings is 3. The second kappa shape index (κ2) is 8.74. The molecule has 2 amide bonds. The molecule has 7 heteroatoms. The molecule has 3 aromatic carbocycles. The molecule has 0 bridgehead atoms. The van der Waals surface area contributed by atoms with Crippen molar-refractivity contribution < 1.29 is 23.1 Å². The third-order valence-corrected chi connectivity index (χ3v) is 5.63. The molecule has 1 aliphatic rings. The van der Waals surface area contributed by atoms with Crippen LogP contribution in [0.4, 0.5) is 20.2 Å². The van der Waals surface area contributed by atoms with Crippen molar-refractivity contribution >= 4 is 28.8 Å². The smallest absolute Gasteiger partial charge is 0.282 e. The zero-order valence-electron chi connectivity index (χ0n) is 19.3. The molecule has 0 atom stereocenters. The van der Waals surface area contributed by atoms with Gasteiger partial charge in [-0.3, -0.25) is 9.59 Å². The van der Waals surface area contributed by atoms with E-state index in [-0.39, 0.29) is 16.7 Å². The summed E-state index contributed by atoms with van der Waals surface area (Å²) in [6.07, 6.45) is 0. The van der Waals surface area contributed by atoms with Crippen LogP contribution in [0.25, 0.3) is 5.57 Å². The molecule has 5 nitrogen and oxygen atoms in total. The van der Waals surface area contributed by atoms with Gasteiger partial charge in [0, 0.05) is 17.3 Å². The molecule has 0 saturated carbocycles. The maximum Gasteiger partial charge on any atom is 0.282 e. The second-order valence-corrected chi connectivity index (χ2v) is 8.94. The standard InChI is InChI=1S/C27H24F2N2O3/c1-27(2,3)16-9-12-18(13-10-16)30-24-23(19-7-5-6-8-22(19)34-4)25(32)31(26(24)33)21-15-17(28)11-14-20(21)29/h5-15,30H,1-4H3. The van der Waals surface area contributed by atoms with E-state index in [0.29, 0.717) is 21.9 Å². The molecule has 0 saturated heterocycles. The number of rotatable bonds is 5. The van der Waals surface area contributed by atoms with Gasteiger partial charge in [0.05, 0.1) is 18.4 Å². The van der Waals surface area contributed by atoms with Crippen molar-refractivity contribution in [2.24, 2.45) is 0 Å². The summed E-state index contributed by atoms with van der Waals surface area (Å²) in [7, 11) is 1.45. The Kier molecular flexibility index (Phi) is 5.96. The van der Waals surface area contributed by atoms with E-state index in [9.17, 15) is 18.4 Å². The van der Waals surface area contributed by atoms with Gasteiger partial charge in [-0.05, 0) is 41.3 Å². The van der Waals surface area contributed by atoms with E-state index in [4.69, 9.17) is 4.74 Å². The van der Waals surface area contributed by atoms with Gasteiger partial charge in [0.25, 0.3) is 11.8 Å². The summed E-state index contributed by atoms with van der Waals surface area (Å²) < 4.78 is 33.9. The molecular formula is C27H24F2N2O3. The van der Waals surface area contributed by atoms with Crippen LogP contribution in [0.1, 0.15) is 31.9 Å². The molecule has 0 radical (unpaired) electrons. The highest BCUT2D eigenvalue weighted by Crippen LogP contribution is 2.38. The third-order valence-electron chi connectivity index (χ3n) is 5.63. The van der Waals surface area contributed by atoms with E-state index in [1.165, 1.54) is 7.11 Å². The molecule has 1 N–H and O–H groups in total. The van der Waals surface area contributed by atoms with Crippen LogP contribution in [-0.4, -0.2) is 18.9 Å². The van der Waals surface area contributed by atoms with E-state index >= 15 is 0 Å². The number of hydrogen-bond donors (Lipinski definition) is 1. The van der Waals surface area contributed by atoms with Crippen molar-refractivity contribution in [2.45, 2.75) is 26.2 Å². The fourth-order valence-electron chi connectivity index (χ4n) is 3.82. The molecule has 3 aromatic rings. The number of nitrogens with one attached hydrogen (secondary N) is 1. The van der Waals surface area contributed by atoms with Crippen LogP contribution in [0, 0.1) is 11.6 Å². The first kappa shape index (κ1) is 23.2. The first-order valence-electron chi connectivity index (χ1n) is 10.7. The first-order valence-corrected chi connectivity index (χ1v) is 10.7. The summed E-state index contributed by atoms with van der Waals surface area (Å²) in [6, 6.07) is 16.8. The van der Waals surface area contributed by atoms with Crippen molar-refractivity contribution in [3.8, 4) is 5.75 Å². The predicted octanol–water partition coefficient (Wildman–Crippen LogP) is 5.67. The number of imide groups is 1. The highest BCUT2D eigenvalue weighted by Gasteiger charge is 2.42. The van der Waals surface area contributed by atoms with Gasteiger partial charge < -0.3 is 10.1 Å². The minimum atomic E-state index is -0.891.